The average molecular weight is 264 g/mol. The third kappa shape index (κ3) is 3.87. The zero-order chi connectivity index (χ0) is 14.4. The van der Waals surface area contributed by atoms with Gasteiger partial charge in [0, 0.05) is 6.07 Å². The lowest BCUT2D eigenvalue weighted by molar-refractivity contribution is -0.393. The van der Waals surface area contributed by atoms with Crippen molar-refractivity contribution in [1.29, 1.82) is 0 Å². The molecule has 0 bridgehead atoms. The number of benzene rings is 1. The van der Waals surface area contributed by atoms with E-state index in [1.807, 2.05) is 6.92 Å². The number of allylic oxidation sites excluding steroid dienone is 2. The van der Waals surface area contributed by atoms with Gasteiger partial charge in [0.15, 0.2) is 0 Å². The molecule has 1 aromatic carbocycles. The molecule has 8 nitrogen and oxygen atoms in total. The van der Waals surface area contributed by atoms with Crippen LogP contribution in [0.5, 0.6) is 0 Å². The number of nitrogens with zero attached hydrogens (tertiary/aromatic N) is 3. The predicted molar refractivity (Wildman–Crippen MR) is 71.3 cm³/mol. The van der Waals surface area contributed by atoms with E-state index < -0.39 is 15.5 Å². The van der Waals surface area contributed by atoms with Crippen LogP contribution in [0.4, 0.5) is 17.1 Å². The van der Waals surface area contributed by atoms with Gasteiger partial charge in [-0.05, 0) is 26.0 Å². The van der Waals surface area contributed by atoms with Crippen molar-refractivity contribution in [3.8, 4) is 0 Å². The van der Waals surface area contributed by atoms with Gasteiger partial charge >= 0.3 is 5.69 Å². The van der Waals surface area contributed by atoms with Gasteiger partial charge in [0.05, 0.1) is 21.6 Å². The average Bonchev–Trinajstić information content (AvgIpc) is 2.36. The minimum absolute atomic E-state index is 0.0967. The molecule has 100 valence electrons. The minimum Gasteiger partial charge on any atom is -0.271 e. The summed E-state index contributed by atoms with van der Waals surface area (Å²) in [5.74, 6) is 0. The maximum atomic E-state index is 10.8. The number of hydrogen-bond donors (Lipinski definition) is 1. The normalized spacial score (nSPS) is 11.6. The molecule has 0 aliphatic carbocycles. The first-order valence-electron chi connectivity index (χ1n) is 5.31. The summed E-state index contributed by atoms with van der Waals surface area (Å²) in [6.07, 6.45) is 3.48. The number of nitrogens with one attached hydrogen (secondary N) is 1. The molecule has 0 atom stereocenters. The van der Waals surface area contributed by atoms with Gasteiger partial charge in [0.2, 0.25) is 0 Å². The second-order valence-corrected chi connectivity index (χ2v) is 3.58. The van der Waals surface area contributed by atoms with Gasteiger partial charge in [-0.3, -0.25) is 25.7 Å². The molecule has 0 aliphatic rings. The Labute approximate surface area is 108 Å². The Morgan fingerprint density at radius 3 is 2.53 bits per heavy atom. The van der Waals surface area contributed by atoms with Gasteiger partial charge in [-0.2, -0.15) is 5.10 Å². The van der Waals surface area contributed by atoms with Crippen LogP contribution in [-0.2, 0) is 0 Å². The summed E-state index contributed by atoms with van der Waals surface area (Å²) in [7, 11) is 0. The van der Waals surface area contributed by atoms with E-state index in [4.69, 9.17) is 0 Å². The first kappa shape index (κ1) is 14.3. The number of nitro groups is 2. The molecule has 1 rings (SSSR count). The standard InChI is InChI=1S/C11H12N4O4/c1-3-4-8(2)12-13-10-6-5-9(14(16)17)7-11(10)15(18)19/h3-7,13H,1-2H3/b4-3+,12-8+. The molecule has 1 aromatic rings. The van der Waals surface area contributed by atoms with E-state index in [9.17, 15) is 20.2 Å². The molecule has 0 heterocycles. The molecule has 19 heavy (non-hydrogen) atoms. The Bertz CT molecular complexity index is 566. The monoisotopic (exact) mass is 264 g/mol. The van der Waals surface area contributed by atoms with E-state index in [1.54, 1.807) is 19.1 Å². The Morgan fingerprint density at radius 2 is 2.00 bits per heavy atom. The minimum atomic E-state index is -0.699. The Hall–Kier alpha value is -2.77. The number of rotatable bonds is 5. The van der Waals surface area contributed by atoms with E-state index in [0.717, 1.165) is 6.07 Å². The van der Waals surface area contributed by atoms with Gasteiger partial charge in [0.25, 0.3) is 5.69 Å². The Balaban J connectivity index is 3.11. The molecule has 0 saturated heterocycles. The largest absolute Gasteiger partial charge is 0.301 e. The van der Waals surface area contributed by atoms with Crippen molar-refractivity contribution in [2.75, 3.05) is 5.43 Å². The maximum Gasteiger partial charge on any atom is 0.301 e. The fourth-order valence-electron chi connectivity index (χ4n) is 1.31. The molecule has 0 aliphatic heterocycles. The highest BCUT2D eigenvalue weighted by atomic mass is 16.6. The smallest absolute Gasteiger partial charge is 0.271 e. The summed E-state index contributed by atoms with van der Waals surface area (Å²) in [4.78, 5) is 20.0. The number of nitro benzene ring substituents is 2. The van der Waals surface area contributed by atoms with Crippen molar-refractivity contribution in [2.45, 2.75) is 13.8 Å². The first-order chi connectivity index (χ1) is 8.95. The molecule has 0 saturated carbocycles. The SMILES string of the molecule is C/C=C/C(C)=N/Nc1ccc([N+](=O)[O-])cc1[N+](=O)[O-]. The number of hydrogen-bond acceptors (Lipinski definition) is 6. The molecule has 1 N–H and O–H groups in total. The molecular weight excluding hydrogens is 252 g/mol. The molecule has 0 unspecified atom stereocenters. The first-order valence-corrected chi connectivity index (χ1v) is 5.31. The summed E-state index contributed by atoms with van der Waals surface area (Å²) in [5.41, 5.74) is 2.50. The number of anilines is 1. The second kappa shape index (κ2) is 6.24. The molecule has 0 spiro atoms. The molecule has 0 amide bonds. The quantitative estimate of drug-likeness (QED) is 0.499. The fraction of sp³-hybridized carbons (Fsp3) is 0.182. The van der Waals surface area contributed by atoms with Crippen molar-refractivity contribution in [2.24, 2.45) is 5.10 Å². The summed E-state index contributed by atoms with van der Waals surface area (Å²) in [6, 6.07) is 3.32. The van der Waals surface area contributed by atoms with E-state index in [-0.39, 0.29) is 11.4 Å². The molecular formula is C11H12N4O4. The number of non-ortho nitro benzene ring substituents is 1. The van der Waals surface area contributed by atoms with Crippen molar-refractivity contribution < 1.29 is 9.85 Å². The van der Waals surface area contributed by atoms with Crippen LogP contribution in [0.1, 0.15) is 13.8 Å². The van der Waals surface area contributed by atoms with Crippen molar-refractivity contribution >= 4 is 22.8 Å². The highest BCUT2D eigenvalue weighted by Crippen LogP contribution is 2.28. The van der Waals surface area contributed by atoms with Gasteiger partial charge in [-0.15, -0.1) is 0 Å². The third-order valence-corrected chi connectivity index (χ3v) is 2.15. The van der Waals surface area contributed by atoms with Gasteiger partial charge in [-0.25, -0.2) is 0 Å². The van der Waals surface area contributed by atoms with E-state index in [1.165, 1.54) is 12.1 Å². The topological polar surface area (TPSA) is 111 Å². The molecule has 0 radical (unpaired) electrons. The van der Waals surface area contributed by atoms with Crippen LogP contribution in [0, 0.1) is 20.2 Å². The van der Waals surface area contributed by atoms with Crippen LogP contribution >= 0.6 is 0 Å². The molecule has 0 aromatic heterocycles. The second-order valence-electron chi connectivity index (χ2n) is 3.58. The van der Waals surface area contributed by atoms with Crippen molar-refractivity contribution in [1.82, 2.24) is 0 Å². The molecule has 8 heteroatoms. The highest BCUT2D eigenvalue weighted by Gasteiger charge is 2.19. The third-order valence-electron chi connectivity index (χ3n) is 2.15. The van der Waals surface area contributed by atoms with Gasteiger partial charge < -0.3 is 0 Å². The fourth-order valence-corrected chi connectivity index (χ4v) is 1.31. The maximum absolute atomic E-state index is 10.8. The van der Waals surface area contributed by atoms with Crippen LogP contribution in [0.25, 0.3) is 0 Å². The van der Waals surface area contributed by atoms with Crippen molar-refractivity contribution in [3.05, 3.63) is 50.6 Å². The summed E-state index contributed by atoms with van der Waals surface area (Å²) >= 11 is 0. The summed E-state index contributed by atoms with van der Waals surface area (Å²) in [6.45, 7) is 3.53. The van der Waals surface area contributed by atoms with E-state index in [0.29, 0.717) is 5.71 Å². The van der Waals surface area contributed by atoms with Crippen LogP contribution in [0.2, 0.25) is 0 Å². The summed E-state index contributed by atoms with van der Waals surface area (Å²) in [5, 5.41) is 25.3. The predicted octanol–water partition coefficient (Wildman–Crippen LogP) is 2.87. The summed E-state index contributed by atoms with van der Waals surface area (Å²) < 4.78 is 0. The van der Waals surface area contributed by atoms with Gasteiger partial charge in [0.1, 0.15) is 5.69 Å². The van der Waals surface area contributed by atoms with Crippen LogP contribution in [0.3, 0.4) is 0 Å². The van der Waals surface area contributed by atoms with Crippen molar-refractivity contribution in [3.63, 3.8) is 0 Å². The molecule has 0 fully saturated rings. The lowest BCUT2D eigenvalue weighted by Crippen LogP contribution is -2.00. The van der Waals surface area contributed by atoms with E-state index in [2.05, 4.69) is 10.5 Å². The van der Waals surface area contributed by atoms with E-state index >= 15 is 0 Å². The number of hydrazone groups is 1. The Morgan fingerprint density at radius 1 is 1.32 bits per heavy atom. The van der Waals surface area contributed by atoms with Crippen LogP contribution < -0.4 is 5.43 Å². The zero-order valence-corrected chi connectivity index (χ0v) is 10.4. The lowest BCUT2D eigenvalue weighted by atomic mass is 10.2. The van der Waals surface area contributed by atoms with Crippen LogP contribution in [-0.4, -0.2) is 15.6 Å². The lowest BCUT2D eigenvalue weighted by Gasteiger charge is -2.02. The highest BCUT2D eigenvalue weighted by molar-refractivity contribution is 5.93. The Kier molecular flexibility index (Phi) is 4.69. The zero-order valence-electron chi connectivity index (χ0n) is 10.4. The van der Waals surface area contributed by atoms with Crippen LogP contribution in [0.15, 0.2) is 35.5 Å². The van der Waals surface area contributed by atoms with Gasteiger partial charge in [-0.1, -0.05) is 6.08 Å².